The maximum Gasteiger partial charge on any atom is 0.287 e. The third-order valence-corrected chi connectivity index (χ3v) is 3.07. The van der Waals surface area contributed by atoms with E-state index in [4.69, 9.17) is 19.4 Å². The second-order valence-electron chi connectivity index (χ2n) is 4.53. The molecular weight excluding hydrogens is 288 g/mol. The van der Waals surface area contributed by atoms with Crippen LogP contribution in [0.2, 0.25) is 0 Å². The fourth-order valence-electron chi connectivity index (χ4n) is 2.01. The first kappa shape index (κ1) is 13.8. The molecule has 1 aliphatic heterocycles. The van der Waals surface area contributed by atoms with Gasteiger partial charge in [-0.1, -0.05) is 11.2 Å². The van der Waals surface area contributed by atoms with E-state index in [-0.39, 0.29) is 25.0 Å². The van der Waals surface area contributed by atoms with Crippen molar-refractivity contribution in [3.8, 4) is 11.5 Å². The van der Waals surface area contributed by atoms with Gasteiger partial charge in [-0.3, -0.25) is 4.79 Å². The van der Waals surface area contributed by atoms with Crippen molar-refractivity contribution in [1.82, 2.24) is 5.32 Å². The van der Waals surface area contributed by atoms with Gasteiger partial charge in [0, 0.05) is 11.5 Å². The SMILES string of the molecule is [N-]=[N+]=NCc1ccc(C(=O)NCc2ccc3c(c2)OCO3)o1. The number of furan rings is 1. The zero-order chi connectivity index (χ0) is 15.4. The molecule has 0 aliphatic carbocycles. The van der Waals surface area contributed by atoms with Gasteiger partial charge in [-0.2, -0.15) is 0 Å². The number of rotatable bonds is 5. The third kappa shape index (κ3) is 2.97. The molecule has 1 amide bonds. The van der Waals surface area contributed by atoms with E-state index in [9.17, 15) is 4.79 Å². The van der Waals surface area contributed by atoms with Crippen LogP contribution in [-0.4, -0.2) is 12.7 Å². The molecule has 0 saturated carbocycles. The summed E-state index contributed by atoms with van der Waals surface area (Å²) in [4.78, 5) is 14.6. The molecule has 2 heterocycles. The minimum absolute atomic E-state index is 0.0753. The zero-order valence-electron chi connectivity index (χ0n) is 11.5. The van der Waals surface area contributed by atoms with Crippen LogP contribution in [-0.2, 0) is 13.1 Å². The van der Waals surface area contributed by atoms with Crippen LogP contribution >= 0.6 is 0 Å². The van der Waals surface area contributed by atoms with Gasteiger partial charge in [0.05, 0.1) is 6.54 Å². The van der Waals surface area contributed by atoms with Crippen LogP contribution in [0.3, 0.4) is 0 Å². The predicted molar refractivity (Wildman–Crippen MR) is 75.3 cm³/mol. The standard InChI is InChI=1S/C14H12N4O4/c15-18-17-7-10-2-4-12(22-10)14(19)16-6-9-1-3-11-13(5-9)21-8-20-11/h1-5H,6-8H2,(H,16,19). The first-order valence-corrected chi connectivity index (χ1v) is 6.52. The summed E-state index contributed by atoms with van der Waals surface area (Å²) in [6.07, 6.45) is 0. The molecule has 0 unspecified atom stereocenters. The predicted octanol–water partition coefficient (Wildman–Crippen LogP) is 2.75. The Bertz CT molecular complexity index is 749. The van der Waals surface area contributed by atoms with E-state index in [2.05, 4.69) is 15.3 Å². The Kier molecular flexibility index (Phi) is 3.84. The maximum absolute atomic E-state index is 12.0. The molecule has 0 radical (unpaired) electrons. The van der Waals surface area contributed by atoms with Gasteiger partial charge in [0.1, 0.15) is 5.76 Å². The van der Waals surface area contributed by atoms with Crippen LogP contribution in [0.5, 0.6) is 11.5 Å². The number of carbonyl (C=O) groups excluding carboxylic acids is 1. The first-order valence-electron chi connectivity index (χ1n) is 6.52. The number of nitrogens with one attached hydrogen (secondary N) is 1. The summed E-state index contributed by atoms with van der Waals surface area (Å²) in [6, 6.07) is 8.61. The van der Waals surface area contributed by atoms with Gasteiger partial charge in [-0.15, -0.1) is 0 Å². The number of ether oxygens (including phenoxy) is 2. The van der Waals surface area contributed by atoms with E-state index in [1.54, 1.807) is 12.1 Å². The molecule has 1 aromatic heterocycles. The maximum atomic E-state index is 12.0. The van der Waals surface area contributed by atoms with Crippen molar-refractivity contribution >= 4 is 5.91 Å². The molecule has 22 heavy (non-hydrogen) atoms. The van der Waals surface area contributed by atoms with E-state index >= 15 is 0 Å². The molecule has 1 aliphatic rings. The highest BCUT2D eigenvalue weighted by Crippen LogP contribution is 2.32. The Hall–Kier alpha value is -3.12. The Labute approximate surface area is 125 Å². The number of nitrogens with zero attached hydrogens (tertiary/aromatic N) is 3. The molecule has 3 rings (SSSR count). The van der Waals surface area contributed by atoms with Crippen molar-refractivity contribution in [2.24, 2.45) is 5.11 Å². The van der Waals surface area contributed by atoms with E-state index in [0.29, 0.717) is 23.8 Å². The van der Waals surface area contributed by atoms with Crippen molar-refractivity contribution in [3.63, 3.8) is 0 Å². The lowest BCUT2D eigenvalue weighted by Crippen LogP contribution is -2.22. The molecule has 0 saturated heterocycles. The second kappa shape index (κ2) is 6.11. The lowest BCUT2D eigenvalue weighted by molar-refractivity contribution is 0.0921. The average Bonchev–Trinajstić information content (AvgIpc) is 3.19. The van der Waals surface area contributed by atoms with Gasteiger partial charge in [-0.05, 0) is 35.4 Å². The van der Waals surface area contributed by atoms with Crippen molar-refractivity contribution in [3.05, 3.63) is 57.9 Å². The Morgan fingerprint density at radius 2 is 2.14 bits per heavy atom. The third-order valence-electron chi connectivity index (χ3n) is 3.07. The van der Waals surface area contributed by atoms with Gasteiger partial charge in [0.15, 0.2) is 17.3 Å². The number of hydrogen-bond donors (Lipinski definition) is 1. The van der Waals surface area contributed by atoms with Crippen molar-refractivity contribution in [1.29, 1.82) is 0 Å². The molecule has 1 N–H and O–H groups in total. The number of amides is 1. The fraction of sp³-hybridized carbons (Fsp3) is 0.214. The van der Waals surface area contributed by atoms with Gasteiger partial charge in [0.2, 0.25) is 6.79 Å². The van der Waals surface area contributed by atoms with E-state index < -0.39 is 0 Å². The summed E-state index contributed by atoms with van der Waals surface area (Å²) in [5, 5.41) is 6.11. The minimum Gasteiger partial charge on any atom is -0.456 e. The van der Waals surface area contributed by atoms with Crippen LogP contribution in [0.1, 0.15) is 21.9 Å². The van der Waals surface area contributed by atoms with Crippen LogP contribution in [0.15, 0.2) is 39.9 Å². The van der Waals surface area contributed by atoms with Gasteiger partial charge in [0.25, 0.3) is 5.91 Å². The molecule has 0 fully saturated rings. The zero-order valence-corrected chi connectivity index (χ0v) is 11.5. The molecule has 2 aromatic rings. The highest BCUT2D eigenvalue weighted by atomic mass is 16.7. The van der Waals surface area contributed by atoms with Gasteiger partial charge < -0.3 is 19.2 Å². The van der Waals surface area contributed by atoms with Crippen molar-refractivity contribution in [2.45, 2.75) is 13.1 Å². The first-order chi connectivity index (χ1) is 10.8. The Morgan fingerprint density at radius 1 is 1.27 bits per heavy atom. The van der Waals surface area contributed by atoms with E-state index in [1.807, 2.05) is 12.1 Å². The van der Waals surface area contributed by atoms with E-state index in [1.165, 1.54) is 6.07 Å². The molecular formula is C14H12N4O4. The summed E-state index contributed by atoms with van der Waals surface area (Å²) in [7, 11) is 0. The molecule has 0 atom stereocenters. The average molecular weight is 300 g/mol. The minimum atomic E-state index is -0.343. The molecule has 1 aromatic carbocycles. The van der Waals surface area contributed by atoms with Crippen molar-refractivity contribution in [2.75, 3.05) is 6.79 Å². The molecule has 112 valence electrons. The van der Waals surface area contributed by atoms with Crippen LogP contribution in [0.25, 0.3) is 10.4 Å². The number of carbonyl (C=O) groups is 1. The second-order valence-corrected chi connectivity index (χ2v) is 4.53. The number of hydrogen-bond acceptors (Lipinski definition) is 5. The van der Waals surface area contributed by atoms with Crippen LogP contribution in [0, 0.1) is 0 Å². The smallest absolute Gasteiger partial charge is 0.287 e. The van der Waals surface area contributed by atoms with E-state index in [0.717, 1.165) is 5.56 Å². The summed E-state index contributed by atoms with van der Waals surface area (Å²) >= 11 is 0. The Balaban J connectivity index is 1.60. The lowest BCUT2D eigenvalue weighted by Gasteiger charge is -2.04. The summed E-state index contributed by atoms with van der Waals surface area (Å²) in [5.74, 6) is 1.63. The quantitative estimate of drug-likeness (QED) is 0.520. The van der Waals surface area contributed by atoms with Crippen LogP contribution in [0.4, 0.5) is 0 Å². The topological polar surface area (TPSA) is 109 Å². The lowest BCUT2D eigenvalue weighted by atomic mass is 10.2. The van der Waals surface area contributed by atoms with Crippen molar-refractivity contribution < 1.29 is 18.7 Å². The highest BCUT2D eigenvalue weighted by molar-refractivity contribution is 5.91. The molecule has 8 nitrogen and oxygen atoms in total. The largest absolute Gasteiger partial charge is 0.456 e. The van der Waals surface area contributed by atoms with Gasteiger partial charge >= 0.3 is 0 Å². The van der Waals surface area contributed by atoms with Crippen LogP contribution < -0.4 is 14.8 Å². The summed E-state index contributed by atoms with van der Waals surface area (Å²) in [5.41, 5.74) is 9.13. The highest BCUT2D eigenvalue weighted by Gasteiger charge is 2.14. The molecule has 8 heteroatoms. The summed E-state index contributed by atoms with van der Waals surface area (Å²) < 4.78 is 15.8. The number of azide groups is 1. The normalized spacial score (nSPS) is 11.8. The fourth-order valence-corrected chi connectivity index (χ4v) is 2.01. The summed E-state index contributed by atoms with van der Waals surface area (Å²) in [6.45, 7) is 0.624. The van der Waals surface area contributed by atoms with Gasteiger partial charge in [-0.25, -0.2) is 0 Å². The monoisotopic (exact) mass is 300 g/mol. The number of fused-ring (bicyclic) bond motifs is 1. The Morgan fingerprint density at radius 3 is 3.00 bits per heavy atom. The number of benzene rings is 1. The molecule has 0 bridgehead atoms. The molecule has 0 spiro atoms.